The van der Waals surface area contributed by atoms with Crippen molar-refractivity contribution in [3.8, 4) is 11.3 Å². The van der Waals surface area contributed by atoms with Crippen LogP contribution >= 0.6 is 47.0 Å². The minimum atomic E-state index is -0.489. The van der Waals surface area contributed by atoms with Crippen LogP contribution in [0.15, 0.2) is 52.9 Å². The van der Waals surface area contributed by atoms with Crippen LogP contribution in [0, 0.1) is 6.92 Å². The molecule has 0 atom stereocenters. The van der Waals surface area contributed by atoms with Crippen molar-refractivity contribution >= 4 is 63.7 Å². The van der Waals surface area contributed by atoms with E-state index in [9.17, 15) is 4.79 Å². The van der Waals surface area contributed by atoms with E-state index >= 15 is 0 Å². The average Bonchev–Trinajstić information content (AvgIpc) is 3.10. The Morgan fingerprint density at radius 2 is 1.85 bits per heavy atom. The van der Waals surface area contributed by atoms with Crippen molar-refractivity contribution in [3.05, 3.63) is 74.9 Å². The molecule has 138 valence electrons. The van der Waals surface area contributed by atoms with Crippen molar-refractivity contribution in [1.29, 1.82) is 0 Å². The van der Waals surface area contributed by atoms with Crippen LogP contribution in [0.3, 0.4) is 0 Å². The van der Waals surface area contributed by atoms with Gasteiger partial charge in [-0.25, -0.2) is 0 Å². The monoisotopic (exact) mass is 438 g/mol. The predicted octanol–water partition coefficient (Wildman–Crippen LogP) is 6.34. The highest BCUT2D eigenvalue weighted by atomic mass is 35.5. The number of hydrogen-bond acceptors (Lipinski definition) is 3. The van der Waals surface area contributed by atoms with E-state index in [1.54, 1.807) is 36.4 Å². The zero-order chi connectivity index (χ0) is 19.6. The average molecular weight is 440 g/mol. The fourth-order valence-electron chi connectivity index (χ4n) is 2.35. The first kappa shape index (κ1) is 19.7. The highest BCUT2D eigenvalue weighted by molar-refractivity contribution is 7.80. The Morgan fingerprint density at radius 3 is 2.63 bits per heavy atom. The second kappa shape index (κ2) is 8.31. The maximum atomic E-state index is 12.4. The minimum absolute atomic E-state index is 0.0907. The van der Waals surface area contributed by atoms with Crippen LogP contribution in [0.25, 0.3) is 11.3 Å². The Morgan fingerprint density at radius 1 is 1.07 bits per heavy atom. The highest BCUT2D eigenvalue weighted by Crippen LogP contribution is 2.34. The van der Waals surface area contributed by atoms with Gasteiger partial charge in [0, 0.05) is 16.3 Å². The lowest BCUT2D eigenvalue weighted by Gasteiger charge is -2.11. The third-order valence-electron chi connectivity index (χ3n) is 3.72. The Balaban J connectivity index is 1.72. The number of halogens is 3. The van der Waals surface area contributed by atoms with Crippen LogP contribution in [-0.4, -0.2) is 11.0 Å². The van der Waals surface area contributed by atoms with E-state index in [0.29, 0.717) is 32.1 Å². The summed E-state index contributed by atoms with van der Waals surface area (Å²) in [5.74, 6) is 0.0294. The van der Waals surface area contributed by atoms with Crippen molar-refractivity contribution in [2.45, 2.75) is 6.92 Å². The summed E-state index contributed by atoms with van der Waals surface area (Å²) >= 11 is 23.4. The van der Waals surface area contributed by atoms with Gasteiger partial charge in [-0.05, 0) is 61.1 Å². The number of rotatable bonds is 3. The molecule has 0 unspecified atom stereocenters. The number of carbonyl (C=O) groups is 1. The van der Waals surface area contributed by atoms with Gasteiger partial charge in [-0.2, -0.15) is 0 Å². The molecule has 3 rings (SSSR count). The van der Waals surface area contributed by atoms with Gasteiger partial charge in [-0.15, -0.1) is 0 Å². The van der Waals surface area contributed by atoms with Gasteiger partial charge in [0.25, 0.3) is 5.91 Å². The zero-order valence-electron chi connectivity index (χ0n) is 14.0. The molecule has 0 aliphatic rings. The molecule has 8 heteroatoms. The van der Waals surface area contributed by atoms with Gasteiger partial charge in [-0.3, -0.25) is 10.1 Å². The van der Waals surface area contributed by atoms with E-state index in [0.717, 1.165) is 5.56 Å². The number of aryl methyl sites for hydroxylation is 1. The first-order valence-electron chi connectivity index (χ1n) is 7.78. The van der Waals surface area contributed by atoms with Gasteiger partial charge in [0.1, 0.15) is 5.76 Å². The summed E-state index contributed by atoms with van der Waals surface area (Å²) in [6.07, 6.45) is 0. The molecule has 2 aromatic carbocycles. The Bertz CT molecular complexity index is 1030. The van der Waals surface area contributed by atoms with Gasteiger partial charge in [0.15, 0.2) is 10.9 Å². The number of furan rings is 1. The van der Waals surface area contributed by atoms with Crippen molar-refractivity contribution in [2.75, 3.05) is 5.32 Å². The van der Waals surface area contributed by atoms with Crippen LogP contribution in [0.4, 0.5) is 5.69 Å². The maximum Gasteiger partial charge on any atom is 0.293 e. The first-order valence-corrected chi connectivity index (χ1v) is 9.32. The molecule has 0 saturated heterocycles. The third-order valence-corrected chi connectivity index (χ3v) is 4.98. The predicted molar refractivity (Wildman–Crippen MR) is 114 cm³/mol. The Kier molecular flexibility index (Phi) is 6.07. The molecule has 2 N–H and O–H groups in total. The lowest BCUT2D eigenvalue weighted by molar-refractivity contribution is 0.0951. The molecular formula is C19H13Cl3N2O2S. The lowest BCUT2D eigenvalue weighted by atomic mass is 10.2. The second-order valence-electron chi connectivity index (χ2n) is 5.63. The van der Waals surface area contributed by atoms with Gasteiger partial charge in [-0.1, -0.05) is 46.9 Å². The fourth-order valence-corrected chi connectivity index (χ4v) is 3.11. The molecule has 27 heavy (non-hydrogen) atoms. The summed E-state index contributed by atoms with van der Waals surface area (Å²) in [6.45, 7) is 1.90. The second-order valence-corrected chi connectivity index (χ2v) is 7.26. The minimum Gasteiger partial charge on any atom is -0.451 e. The number of thiocarbonyl (C=S) groups is 1. The highest BCUT2D eigenvalue weighted by Gasteiger charge is 2.16. The van der Waals surface area contributed by atoms with E-state index in [4.69, 9.17) is 51.4 Å². The van der Waals surface area contributed by atoms with Gasteiger partial charge < -0.3 is 9.73 Å². The fraction of sp³-hybridized carbons (Fsp3) is 0.0526. The van der Waals surface area contributed by atoms with Gasteiger partial charge in [0.05, 0.1) is 10.0 Å². The number of nitrogens with one attached hydrogen (secondary N) is 2. The summed E-state index contributed by atoms with van der Waals surface area (Å²) in [7, 11) is 0. The van der Waals surface area contributed by atoms with E-state index < -0.39 is 5.91 Å². The van der Waals surface area contributed by atoms with E-state index in [1.807, 2.05) is 13.0 Å². The van der Waals surface area contributed by atoms with Crippen molar-refractivity contribution in [3.63, 3.8) is 0 Å². The number of benzene rings is 2. The lowest BCUT2D eigenvalue weighted by Crippen LogP contribution is -2.34. The Hall–Kier alpha value is -2.05. The number of amides is 1. The number of anilines is 1. The van der Waals surface area contributed by atoms with E-state index in [-0.39, 0.29) is 10.9 Å². The summed E-state index contributed by atoms with van der Waals surface area (Å²) in [6, 6.07) is 13.7. The van der Waals surface area contributed by atoms with Crippen molar-refractivity contribution in [2.24, 2.45) is 0 Å². The van der Waals surface area contributed by atoms with Crippen LogP contribution in [-0.2, 0) is 0 Å². The molecule has 1 amide bonds. The van der Waals surface area contributed by atoms with Gasteiger partial charge in [0.2, 0.25) is 0 Å². The molecule has 0 bridgehead atoms. The smallest absolute Gasteiger partial charge is 0.293 e. The summed E-state index contributed by atoms with van der Waals surface area (Å²) < 4.78 is 5.60. The molecule has 3 aromatic rings. The molecule has 0 radical (unpaired) electrons. The standard InChI is InChI=1S/C19H13Cl3N2O2S/c1-10-5-6-11(20)9-14(10)23-19(27)24-18(25)16-8-7-15(26-16)12-3-2-4-13(21)17(12)22/h2-9H,1H3,(H2,23,24,25,27). The third kappa shape index (κ3) is 4.62. The summed E-state index contributed by atoms with van der Waals surface area (Å²) in [5.41, 5.74) is 2.24. The Labute approximate surface area is 176 Å². The molecule has 0 aliphatic heterocycles. The molecule has 0 saturated carbocycles. The summed E-state index contributed by atoms with van der Waals surface area (Å²) in [5, 5.41) is 6.96. The topological polar surface area (TPSA) is 54.3 Å². The molecular weight excluding hydrogens is 427 g/mol. The first-order chi connectivity index (χ1) is 12.8. The molecule has 0 aliphatic carbocycles. The zero-order valence-corrected chi connectivity index (χ0v) is 17.1. The van der Waals surface area contributed by atoms with Crippen LogP contribution < -0.4 is 10.6 Å². The number of carbonyl (C=O) groups excluding carboxylic acids is 1. The van der Waals surface area contributed by atoms with Crippen LogP contribution in [0.1, 0.15) is 16.1 Å². The van der Waals surface area contributed by atoms with Gasteiger partial charge >= 0.3 is 0 Å². The summed E-state index contributed by atoms with van der Waals surface area (Å²) in [4.78, 5) is 12.4. The molecule has 4 nitrogen and oxygen atoms in total. The quantitative estimate of drug-likeness (QED) is 0.467. The maximum absolute atomic E-state index is 12.4. The molecule has 1 aromatic heterocycles. The van der Waals surface area contributed by atoms with Crippen LogP contribution in [0.2, 0.25) is 15.1 Å². The molecule has 0 fully saturated rings. The molecule has 0 spiro atoms. The SMILES string of the molecule is Cc1ccc(Cl)cc1NC(=S)NC(=O)c1ccc(-c2cccc(Cl)c2Cl)o1. The van der Waals surface area contributed by atoms with E-state index in [2.05, 4.69) is 10.6 Å². The van der Waals surface area contributed by atoms with Crippen molar-refractivity contribution in [1.82, 2.24) is 5.32 Å². The largest absolute Gasteiger partial charge is 0.451 e. The molecule has 1 heterocycles. The number of hydrogen-bond donors (Lipinski definition) is 2. The van der Waals surface area contributed by atoms with E-state index in [1.165, 1.54) is 6.07 Å². The van der Waals surface area contributed by atoms with Crippen LogP contribution in [0.5, 0.6) is 0 Å². The normalized spacial score (nSPS) is 10.5. The van der Waals surface area contributed by atoms with Crippen molar-refractivity contribution < 1.29 is 9.21 Å².